The summed E-state index contributed by atoms with van der Waals surface area (Å²) in [6, 6.07) is 6.92. The standard InChI is InChI=1S/C13H18O6/c1-17-8-2-4-9(5-3-8)18-12-6-10(15)13(16)11(7-14)19-12/h2-5,10-16H,6-7H2,1H3/t10-,11-,12-,13-/m1/s1. The Kier molecular flexibility index (Phi) is 4.60. The van der Waals surface area contributed by atoms with Crippen molar-refractivity contribution in [3.8, 4) is 11.5 Å². The Hall–Kier alpha value is -1.34. The largest absolute Gasteiger partial charge is 0.497 e. The quantitative estimate of drug-likeness (QED) is 0.708. The first-order chi connectivity index (χ1) is 9.13. The third-order valence-electron chi connectivity index (χ3n) is 3.04. The summed E-state index contributed by atoms with van der Waals surface area (Å²) >= 11 is 0. The monoisotopic (exact) mass is 270 g/mol. The van der Waals surface area contributed by atoms with E-state index < -0.39 is 24.6 Å². The Bertz CT molecular complexity index is 393. The molecule has 0 radical (unpaired) electrons. The maximum atomic E-state index is 9.67. The number of rotatable bonds is 4. The first-order valence-corrected chi connectivity index (χ1v) is 6.07. The van der Waals surface area contributed by atoms with Crippen LogP contribution in [0, 0.1) is 0 Å². The van der Waals surface area contributed by atoms with Crippen molar-refractivity contribution in [3.63, 3.8) is 0 Å². The van der Waals surface area contributed by atoms with Crippen molar-refractivity contribution in [2.75, 3.05) is 13.7 Å². The fourth-order valence-corrected chi connectivity index (χ4v) is 1.95. The molecule has 19 heavy (non-hydrogen) atoms. The molecular formula is C13H18O6. The van der Waals surface area contributed by atoms with Gasteiger partial charge in [-0.25, -0.2) is 0 Å². The van der Waals surface area contributed by atoms with Crippen molar-refractivity contribution in [1.29, 1.82) is 0 Å². The molecule has 1 saturated heterocycles. The zero-order valence-electron chi connectivity index (χ0n) is 10.6. The second-order valence-electron chi connectivity index (χ2n) is 4.37. The maximum absolute atomic E-state index is 9.67. The molecule has 0 aromatic heterocycles. The van der Waals surface area contributed by atoms with Gasteiger partial charge in [0.05, 0.1) is 19.8 Å². The Morgan fingerprint density at radius 3 is 2.42 bits per heavy atom. The molecular weight excluding hydrogens is 252 g/mol. The second kappa shape index (κ2) is 6.21. The van der Waals surface area contributed by atoms with E-state index >= 15 is 0 Å². The van der Waals surface area contributed by atoms with Crippen molar-refractivity contribution in [3.05, 3.63) is 24.3 Å². The molecule has 0 amide bonds. The summed E-state index contributed by atoms with van der Waals surface area (Å²) in [6.07, 6.45) is -3.48. The summed E-state index contributed by atoms with van der Waals surface area (Å²) in [4.78, 5) is 0. The van der Waals surface area contributed by atoms with E-state index in [-0.39, 0.29) is 13.0 Å². The molecule has 1 aromatic rings. The van der Waals surface area contributed by atoms with Crippen molar-refractivity contribution in [2.45, 2.75) is 31.0 Å². The Labute approximate surface area is 111 Å². The van der Waals surface area contributed by atoms with E-state index in [0.29, 0.717) is 11.5 Å². The predicted molar refractivity (Wildman–Crippen MR) is 66.0 cm³/mol. The first kappa shape index (κ1) is 14.1. The van der Waals surface area contributed by atoms with Crippen LogP contribution in [0.25, 0.3) is 0 Å². The predicted octanol–water partition coefficient (Wildman–Crippen LogP) is -0.0969. The lowest BCUT2D eigenvalue weighted by atomic mass is 10.0. The molecule has 0 unspecified atom stereocenters. The summed E-state index contributed by atoms with van der Waals surface area (Å²) in [5.74, 6) is 1.27. The van der Waals surface area contributed by atoms with Crippen LogP contribution in [-0.4, -0.2) is 53.6 Å². The molecule has 6 nitrogen and oxygen atoms in total. The van der Waals surface area contributed by atoms with E-state index in [1.165, 1.54) is 0 Å². The van der Waals surface area contributed by atoms with Gasteiger partial charge in [-0.1, -0.05) is 0 Å². The van der Waals surface area contributed by atoms with Crippen molar-refractivity contribution >= 4 is 0 Å². The van der Waals surface area contributed by atoms with Gasteiger partial charge in [0.2, 0.25) is 6.29 Å². The molecule has 3 N–H and O–H groups in total. The highest BCUT2D eigenvalue weighted by Crippen LogP contribution is 2.24. The van der Waals surface area contributed by atoms with Crippen molar-refractivity contribution in [2.24, 2.45) is 0 Å². The molecule has 4 atom stereocenters. The molecule has 0 aliphatic carbocycles. The molecule has 1 heterocycles. The highest BCUT2D eigenvalue weighted by Gasteiger charge is 2.37. The molecule has 0 bridgehead atoms. The van der Waals surface area contributed by atoms with Crippen LogP contribution in [0.3, 0.4) is 0 Å². The highest BCUT2D eigenvalue weighted by atomic mass is 16.7. The van der Waals surface area contributed by atoms with E-state index in [2.05, 4.69) is 0 Å². The van der Waals surface area contributed by atoms with E-state index in [4.69, 9.17) is 19.3 Å². The fraction of sp³-hybridized carbons (Fsp3) is 0.538. The van der Waals surface area contributed by atoms with Gasteiger partial charge in [-0.15, -0.1) is 0 Å². The molecule has 1 aliphatic rings. The van der Waals surface area contributed by atoms with Crippen molar-refractivity contribution < 1.29 is 29.5 Å². The highest BCUT2D eigenvalue weighted by molar-refractivity contribution is 5.31. The maximum Gasteiger partial charge on any atom is 0.202 e. The van der Waals surface area contributed by atoms with E-state index in [1.54, 1.807) is 31.4 Å². The molecule has 1 aromatic carbocycles. The summed E-state index contributed by atoms with van der Waals surface area (Å²) in [6.45, 7) is -0.374. The van der Waals surface area contributed by atoms with Crippen molar-refractivity contribution in [1.82, 2.24) is 0 Å². The van der Waals surface area contributed by atoms with Gasteiger partial charge in [-0.3, -0.25) is 0 Å². The van der Waals surface area contributed by atoms with Crippen LogP contribution in [0.4, 0.5) is 0 Å². The van der Waals surface area contributed by atoms with Crippen LogP contribution in [-0.2, 0) is 4.74 Å². The lowest BCUT2D eigenvalue weighted by Crippen LogP contribution is -2.51. The summed E-state index contributed by atoms with van der Waals surface area (Å²) in [7, 11) is 1.57. The number of ether oxygens (including phenoxy) is 3. The smallest absolute Gasteiger partial charge is 0.202 e. The average Bonchev–Trinajstić information content (AvgIpc) is 2.43. The van der Waals surface area contributed by atoms with Crippen LogP contribution in [0.5, 0.6) is 11.5 Å². The second-order valence-corrected chi connectivity index (χ2v) is 4.37. The zero-order chi connectivity index (χ0) is 13.8. The number of hydrogen-bond donors (Lipinski definition) is 3. The van der Waals surface area contributed by atoms with E-state index in [1.807, 2.05) is 0 Å². The Morgan fingerprint density at radius 1 is 1.21 bits per heavy atom. The molecule has 1 aliphatic heterocycles. The van der Waals surface area contributed by atoms with Crippen LogP contribution in [0.15, 0.2) is 24.3 Å². The summed E-state index contributed by atoms with van der Waals surface area (Å²) in [5, 5.41) is 28.3. The molecule has 1 fully saturated rings. The number of benzene rings is 1. The van der Waals surface area contributed by atoms with Gasteiger partial charge in [0.1, 0.15) is 23.7 Å². The van der Waals surface area contributed by atoms with Gasteiger partial charge in [0.25, 0.3) is 0 Å². The van der Waals surface area contributed by atoms with E-state index in [0.717, 1.165) is 0 Å². The average molecular weight is 270 g/mol. The number of aliphatic hydroxyl groups excluding tert-OH is 3. The Balaban J connectivity index is 1.98. The lowest BCUT2D eigenvalue weighted by molar-refractivity contribution is -0.229. The topological polar surface area (TPSA) is 88.4 Å². The normalized spacial score (nSPS) is 30.9. The third kappa shape index (κ3) is 3.36. The number of methoxy groups -OCH3 is 1. The minimum absolute atomic E-state index is 0.143. The van der Waals surface area contributed by atoms with Crippen LogP contribution < -0.4 is 9.47 Å². The van der Waals surface area contributed by atoms with Gasteiger partial charge < -0.3 is 29.5 Å². The minimum atomic E-state index is -1.10. The minimum Gasteiger partial charge on any atom is -0.497 e. The fourth-order valence-electron chi connectivity index (χ4n) is 1.95. The summed E-state index contributed by atoms with van der Waals surface area (Å²) < 4.78 is 15.9. The molecule has 6 heteroatoms. The SMILES string of the molecule is COc1ccc(O[C@H]2C[C@@H](O)[C@@H](O)[C@@H](CO)O2)cc1. The van der Waals surface area contributed by atoms with E-state index in [9.17, 15) is 10.2 Å². The van der Waals surface area contributed by atoms with Gasteiger partial charge in [0.15, 0.2) is 0 Å². The van der Waals surface area contributed by atoms with Gasteiger partial charge in [-0.05, 0) is 24.3 Å². The third-order valence-corrected chi connectivity index (χ3v) is 3.04. The zero-order valence-corrected chi connectivity index (χ0v) is 10.6. The van der Waals surface area contributed by atoms with Crippen LogP contribution in [0.1, 0.15) is 6.42 Å². The molecule has 0 saturated carbocycles. The van der Waals surface area contributed by atoms with Crippen LogP contribution >= 0.6 is 0 Å². The van der Waals surface area contributed by atoms with Gasteiger partial charge in [-0.2, -0.15) is 0 Å². The Morgan fingerprint density at radius 2 is 1.84 bits per heavy atom. The van der Waals surface area contributed by atoms with Gasteiger partial charge in [0, 0.05) is 6.42 Å². The molecule has 2 rings (SSSR count). The molecule has 106 valence electrons. The first-order valence-electron chi connectivity index (χ1n) is 6.07. The molecule has 0 spiro atoms. The summed E-state index contributed by atoms with van der Waals surface area (Å²) in [5.41, 5.74) is 0. The number of aliphatic hydroxyl groups is 3. The number of hydrogen-bond acceptors (Lipinski definition) is 6. The lowest BCUT2D eigenvalue weighted by Gasteiger charge is -2.36. The van der Waals surface area contributed by atoms with Crippen LogP contribution in [0.2, 0.25) is 0 Å². The van der Waals surface area contributed by atoms with Gasteiger partial charge >= 0.3 is 0 Å².